The number of nitrogens with zero attached hydrogens (tertiary/aromatic N) is 2. The number of oxime groups is 1. The molecule has 1 spiro atoms. The van der Waals surface area contributed by atoms with Crippen LogP contribution in [0.5, 0.6) is 0 Å². The third kappa shape index (κ3) is 1.98. The van der Waals surface area contributed by atoms with E-state index < -0.39 is 5.41 Å². The van der Waals surface area contributed by atoms with Crippen molar-refractivity contribution in [2.45, 2.75) is 57.8 Å². The summed E-state index contributed by atoms with van der Waals surface area (Å²) >= 11 is 0. The number of carbonyl (C=O) groups excluding carboxylic acids is 1. The van der Waals surface area contributed by atoms with Crippen molar-refractivity contribution in [1.29, 1.82) is 0 Å². The van der Waals surface area contributed by atoms with Crippen molar-refractivity contribution in [3.63, 3.8) is 0 Å². The van der Waals surface area contributed by atoms with E-state index in [0.29, 0.717) is 5.41 Å². The summed E-state index contributed by atoms with van der Waals surface area (Å²) < 4.78 is 0. The lowest BCUT2D eigenvalue weighted by molar-refractivity contribution is -0.144. The van der Waals surface area contributed by atoms with Gasteiger partial charge in [-0.2, -0.15) is 0 Å². The third-order valence-corrected chi connectivity index (χ3v) is 5.99. The molecule has 0 aromatic heterocycles. The first-order chi connectivity index (χ1) is 9.62. The van der Waals surface area contributed by atoms with E-state index in [2.05, 4.69) is 5.16 Å². The predicted octanol–water partition coefficient (Wildman–Crippen LogP) is 2.09. The standard InChI is InChI=1S/C15H25N3O2/c16-12(17-20)15(6-3-7-15)13(19)18-10-8-14(9-11-18)4-1-2-5-14/h20H,1-11H2,(H2,16,17). The molecule has 1 amide bonds. The van der Waals surface area contributed by atoms with Crippen LogP contribution in [0.1, 0.15) is 57.8 Å². The first kappa shape index (κ1) is 13.7. The quantitative estimate of drug-likeness (QED) is 0.351. The first-order valence-corrected chi connectivity index (χ1v) is 7.89. The molecule has 3 fully saturated rings. The van der Waals surface area contributed by atoms with E-state index in [-0.39, 0.29) is 11.7 Å². The summed E-state index contributed by atoms with van der Waals surface area (Å²) in [6.07, 6.45) is 10.1. The molecule has 5 nitrogen and oxygen atoms in total. The molecule has 20 heavy (non-hydrogen) atoms. The average molecular weight is 279 g/mol. The van der Waals surface area contributed by atoms with Gasteiger partial charge in [0.15, 0.2) is 5.84 Å². The summed E-state index contributed by atoms with van der Waals surface area (Å²) in [4.78, 5) is 14.7. The van der Waals surface area contributed by atoms with Crippen LogP contribution >= 0.6 is 0 Å². The minimum absolute atomic E-state index is 0.0897. The molecule has 3 rings (SSSR count). The molecule has 0 aromatic carbocycles. The molecule has 0 unspecified atom stereocenters. The highest BCUT2D eigenvalue weighted by atomic mass is 16.4. The zero-order chi connectivity index (χ0) is 14.2. The van der Waals surface area contributed by atoms with Gasteiger partial charge in [0.25, 0.3) is 0 Å². The van der Waals surface area contributed by atoms with Crippen LogP contribution in [0.15, 0.2) is 5.16 Å². The van der Waals surface area contributed by atoms with Crippen LogP contribution in [0.3, 0.4) is 0 Å². The summed E-state index contributed by atoms with van der Waals surface area (Å²) in [5, 5.41) is 12.1. The smallest absolute Gasteiger partial charge is 0.236 e. The van der Waals surface area contributed by atoms with Crippen molar-refractivity contribution in [2.75, 3.05) is 13.1 Å². The van der Waals surface area contributed by atoms with Crippen LogP contribution in [0.25, 0.3) is 0 Å². The Hall–Kier alpha value is -1.26. The topological polar surface area (TPSA) is 78.9 Å². The molecule has 0 bridgehead atoms. The van der Waals surface area contributed by atoms with Gasteiger partial charge >= 0.3 is 0 Å². The normalized spacial score (nSPS) is 28.4. The Morgan fingerprint density at radius 1 is 1.00 bits per heavy atom. The third-order valence-electron chi connectivity index (χ3n) is 5.99. The van der Waals surface area contributed by atoms with E-state index in [1.807, 2.05) is 4.90 Å². The largest absolute Gasteiger partial charge is 0.409 e. The molecule has 1 heterocycles. The number of hydrogen-bond acceptors (Lipinski definition) is 3. The zero-order valence-electron chi connectivity index (χ0n) is 12.1. The molecule has 2 aliphatic carbocycles. The van der Waals surface area contributed by atoms with Crippen LogP contribution in [0.2, 0.25) is 0 Å². The minimum atomic E-state index is -0.699. The van der Waals surface area contributed by atoms with Crippen LogP contribution in [-0.4, -0.2) is 34.9 Å². The number of likely N-dealkylation sites (tertiary alicyclic amines) is 1. The lowest BCUT2D eigenvalue weighted by Crippen LogP contribution is -2.57. The molecule has 0 radical (unpaired) electrons. The molecule has 112 valence electrons. The van der Waals surface area contributed by atoms with Gasteiger partial charge in [-0.15, -0.1) is 0 Å². The lowest BCUT2D eigenvalue weighted by Gasteiger charge is -2.46. The van der Waals surface area contributed by atoms with Crippen LogP contribution in [0, 0.1) is 10.8 Å². The number of hydrogen-bond donors (Lipinski definition) is 2. The van der Waals surface area contributed by atoms with Crippen molar-refractivity contribution in [1.82, 2.24) is 4.90 Å². The van der Waals surface area contributed by atoms with Gasteiger partial charge < -0.3 is 15.8 Å². The van der Waals surface area contributed by atoms with Gasteiger partial charge in [-0.25, -0.2) is 0 Å². The zero-order valence-corrected chi connectivity index (χ0v) is 12.1. The maximum absolute atomic E-state index is 12.8. The molecule has 2 saturated carbocycles. The predicted molar refractivity (Wildman–Crippen MR) is 76.4 cm³/mol. The molecule has 3 aliphatic rings. The van der Waals surface area contributed by atoms with Crippen LogP contribution in [-0.2, 0) is 4.79 Å². The fourth-order valence-corrected chi connectivity index (χ4v) is 4.32. The number of nitrogens with two attached hydrogens (primary N) is 1. The van der Waals surface area contributed by atoms with Crippen LogP contribution in [0.4, 0.5) is 0 Å². The first-order valence-electron chi connectivity index (χ1n) is 7.89. The Morgan fingerprint density at radius 2 is 1.60 bits per heavy atom. The molecule has 5 heteroatoms. The summed E-state index contributed by atoms with van der Waals surface area (Å²) in [5.74, 6) is 0.196. The van der Waals surface area contributed by atoms with Gasteiger partial charge in [-0.05, 0) is 43.9 Å². The van der Waals surface area contributed by atoms with E-state index >= 15 is 0 Å². The van der Waals surface area contributed by atoms with E-state index in [4.69, 9.17) is 10.9 Å². The maximum Gasteiger partial charge on any atom is 0.236 e. The summed E-state index contributed by atoms with van der Waals surface area (Å²) in [7, 11) is 0. The van der Waals surface area contributed by atoms with Gasteiger partial charge in [-0.1, -0.05) is 24.4 Å². The molecule has 1 saturated heterocycles. The Balaban J connectivity index is 1.67. The highest BCUT2D eigenvalue weighted by molar-refractivity contribution is 6.07. The number of amidine groups is 1. The maximum atomic E-state index is 12.8. The average Bonchev–Trinajstić information content (AvgIpc) is 2.86. The monoisotopic (exact) mass is 279 g/mol. The van der Waals surface area contributed by atoms with Crippen LogP contribution < -0.4 is 5.73 Å². The molecular weight excluding hydrogens is 254 g/mol. The number of carbonyl (C=O) groups is 1. The Morgan fingerprint density at radius 3 is 2.05 bits per heavy atom. The molecule has 1 aliphatic heterocycles. The van der Waals surface area contributed by atoms with Gasteiger partial charge in [0.05, 0.1) is 0 Å². The molecular formula is C15H25N3O2. The summed E-state index contributed by atoms with van der Waals surface area (Å²) in [6.45, 7) is 1.69. The van der Waals surface area contributed by atoms with Gasteiger partial charge in [0.2, 0.25) is 5.91 Å². The van der Waals surface area contributed by atoms with E-state index in [9.17, 15) is 4.79 Å². The highest BCUT2D eigenvalue weighted by Crippen LogP contribution is 2.48. The number of rotatable bonds is 2. The van der Waals surface area contributed by atoms with Crippen molar-refractivity contribution in [3.8, 4) is 0 Å². The van der Waals surface area contributed by atoms with E-state index in [1.54, 1.807) is 0 Å². The van der Waals surface area contributed by atoms with Crippen molar-refractivity contribution < 1.29 is 10.0 Å². The second-order valence-electron chi connectivity index (χ2n) is 6.92. The summed E-state index contributed by atoms with van der Waals surface area (Å²) in [6, 6.07) is 0. The Bertz CT molecular complexity index is 413. The van der Waals surface area contributed by atoms with Gasteiger partial charge in [0.1, 0.15) is 5.41 Å². The Labute approximate surface area is 120 Å². The van der Waals surface area contributed by atoms with E-state index in [0.717, 1.165) is 45.2 Å². The molecule has 0 atom stereocenters. The highest BCUT2D eigenvalue weighted by Gasteiger charge is 2.51. The summed E-state index contributed by atoms with van der Waals surface area (Å²) in [5.41, 5.74) is 5.60. The van der Waals surface area contributed by atoms with Crippen molar-refractivity contribution >= 4 is 11.7 Å². The fourth-order valence-electron chi connectivity index (χ4n) is 4.32. The number of piperidine rings is 1. The van der Waals surface area contributed by atoms with E-state index in [1.165, 1.54) is 25.7 Å². The molecule has 0 aromatic rings. The SMILES string of the molecule is NC(=NO)C1(C(=O)N2CCC3(CCCC3)CC2)CCC1. The second kappa shape index (κ2) is 4.93. The fraction of sp³-hybridized carbons (Fsp3) is 0.867. The second-order valence-corrected chi connectivity index (χ2v) is 6.92. The van der Waals surface area contributed by atoms with Crippen molar-refractivity contribution in [3.05, 3.63) is 0 Å². The Kier molecular flexibility index (Phi) is 3.38. The van der Waals surface area contributed by atoms with Gasteiger partial charge in [0, 0.05) is 13.1 Å². The van der Waals surface area contributed by atoms with Gasteiger partial charge in [-0.3, -0.25) is 4.79 Å². The minimum Gasteiger partial charge on any atom is -0.409 e. The molecule has 3 N–H and O–H groups in total. The lowest BCUT2D eigenvalue weighted by atomic mass is 9.66. The van der Waals surface area contributed by atoms with Crippen molar-refractivity contribution in [2.24, 2.45) is 21.7 Å². The number of amides is 1.